The largest absolute Gasteiger partial charge is 0.460 e. The Morgan fingerprint density at radius 2 is 1.82 bits per heavy atom. The summed E-state index contributed by atoms with van der Waals surface area (Å²) in [7, 11) is 0. The van der Waals surface area contributed by atoms with E-state index in [-0.39, 0.29) is 29.9 Å². The zero-order chi connectivity index (χ0) is 22.4. The van der Waals surface area contributed by atoms with Crippen LogP contribution in [0, 0.1) is 11.7 Å². The number of Topliss-reactive ketones (excluding diaryl/α,β-unsaturated/α-hetero) is 1. The van der Waals surface area contributed by atoms with Crippen molar-refractivity contribution in [3.8, 4) is 11.3 Å². The normalized spacial score (nSPS) is 19.2. The predicted molar refractivity (Wildman–Crippen MR) is 130 cm³/mol. The summed E-state index contributed by atoms with van der Waals surface area (Å²) in [6.07, 6.45) is 3.32. The summed E-state index contributed by atoms with van der Waals surface area (Å²) in [6, 6.07) is 16.5. The molecule has 0 N–H and O–H groups in total. The number of furan rings is 1. The van der Waals surface area contributed by atoms with E-state index in [9.17, 15) is 9.18 Å². The third-order valence-corrected chi connectivity index (χ3v) is 7.07. The maximum Gasteiger partial charge on any atom is 0.170 e. The molecule has 2 aliphatic rings. The fourth-order valence-electron chi connectivity index (χ4n) is 5.38. The van der Waals surface area contributed by atoms with Crippen LogP contribution in [-0.4, -0.2) is 35.5 Å². The average molecular weight is 481 g/mol. The standard InChI is InChI=1S/C27H25FN2O3.ClH/c28-20-6-7-21-26(14-20)33-29-27(21)19-8-10-30(11-9-19)16-17-12-23(31)22-15-24(32-25(22)13-17)18-4-2-1-3-5-18;/h1-7,14-15,17,19H,8-13,16H2;1H. The lowest BCUT2D eigenvalue weighted by atomic mass is 9.85. The summed E-state index contributed by atoms with van der Waals surface area (Å²) in [5.74, 6) is 2.06. The molecule has 2 aromatic carbocycles. The number of fused-ring (bicyclic) bond motifs is 2. The van der Waals surface area contributed by atoms with E-state index in [4.69, 9.17) is 8.94 Å². The van der Waals surface area contributed by atoms with E-state index in [0.717, 1.165) is 72.6 Å². The topological polar surface area (TPSA) is 59.5 Å². The smallest absolute Gasteiger partial charge is 0.170 e. The first-order valence-corrected chi connectivity index (χ1v) is 11.6. The van der Waals surface area contributed by atoms with Crippen LogP contribution in [0.3, 0.4) is 0 Å². The van der Waals surface area contributed by atoms with E-state index in [1.807, 2.05) is 36.4 Å². The average Bonchev–Trinajstić information content (AvgIpc) is 3.45. The molecule has 1 saturated heterocycles. The molecular weight excluding hydrogens is 455 g/mol. The van der Waals surface area contributed by atoms with E-state index in [0.29, 0.717) is 17.9 Å². The third-order valence-electron chi connectivity index (χ3n) is 7.07. The molecule has 6 rings (SSSR count). The quantitative estimate of drug-likeness (QED) is 0.344. The summed E-state index contributed by atoms with van der Waals surface area (Å²) in [5, 5.41) is 5.16. The lowest BCUT2D eigenvalue weighted by Crippen LogP contribution is -2.38. The Kier molecular flexibility index (Phi) is 6.28. The van der Waals surface area contributed by atoms with E-state index >= 15 is 0 Å². The highest BCUT2D eigenvalue weighted by Gasteiger charge is 2.32. The van der Waals surface area contributed by atoms with Gasteiger partial charge in [-0.25, -0.2) is 4.39 Å². The monoisotopic (exact) mass is 480 g/mol. The van der Waals surface area contributed by atoms with Crippen molar-refractivity contribution >= 4 is 29.2 Å². The Morgan fingerprint density at radius 3 is 2.62 bits per heavy atom. The van der Waals surface area contributed by atoms with Crippen LogP contribution in [0.15, 0.2) is 63.5 Å². The second kappa shape index (κ2) is 9.35. The van der Waals surface area contributed by atoms with Gasteiger partial charge < -0.3 is 13.8 Å². The van der Waals surface area contributed by atoms with Crippen molar-refractivity contribution in [2.24, 2.45) is 5.92 Å². The molecule has 1 unspecified atom stereocenters. The fourth-order valence-corrected chi connectivity index (χ4v) is 5.38. The van der Waals surface area contributed by atoms with Crippen LogP contribution < -0.4 is 0 Å². The van der Waals surface area contributed by atoms with Crippen LogP contribution in [0.4, 0.5) is 4.39 Å². The Labute approximate surface area is 203 Å². The van der Waals surface area contributed by atoms with Gasteiger partial charge in [0, 0.05) is 42.3 Å². The lowest BCUT2D eigenvalue weighted by Gasteiger charge is -2.34. The summed E-state index contributed by atoms with van der Waals surface area (Å²) >= 11 is 0. The van der Waals surface area contributed by atoms with Crippen LogP contribution in [0.25, 0.3) is 22.3 Å². The number of hydrogen-bond donors (Lipinski definition) is 0. The Morgan fingerprint density at radius 1 is 1.03 bits per heavy atom. The second-order valence-electron chi connectivity index (χ2n) is 9.29. The van der Waals surface area contributed by atoms with Crippen molar-refractivity contribution in [3.63, 3.8) is 0 Å². The van der Waals surface area contributed by atoms with Crippen LogP contribution in [0.1, 0.15) is 47.0 Å². The van der Waals surface area contributed by atoms with Gasteiger partial charge in [-0.2, -0.15) is 0 Å². The molecule has 0 spiro atoms. The van der Waals surface area contributed by atoms with Gasteiger partial charge in [-0.1, -0.05) is 35.5 Å². The molecule has 2 aromatic heterocycles. The molecule has 1 aliphatic heterocycles. The fraction of sp³-hybridized carbons (Fsp3) is 0.333. The van der Waals surface area contributed by atoms with Crippen LogP contribution in [0.2, 0.25) is 0 Å². The molecule has 176 valence electrons. The molecule has 34 heavy (non-hydrogen) atoms. The molecule has 3 heterocycles. The van der Waals surface area contributed by atoms with E-state index in [1.165, 1.54) is 12.1 Å². The molecule has 1 aliphatic carbocycles. The van der Waals surface area contributed by atoms with Crippen LogP contribution in [-0.2, 0) is 6.42 Å². The Balaban J connectivity index is 0.00000241. The van der Waals surface area contributed by atoms with Crippen molar-refractivity contribution in [2.75, 3.05) is 19.6 Å². The molecule has 7 heteroatoms. The predicted octanol–water partition coefficient (Wildman–Crippen LogP) is 6.27. The number of likely N-dealkylation sites (tertiary alicyclic amines) is 1. The number of halogens is 2. The third kappa shape index (κ3) is 4.28. The molecule has 0 saturated carbocycles. The molecule has 5 nitrogen and oxygen atoms in total. The lowest BCUT2D eigenvalue weighted by molar-refractivity contribution is 0.0914. The molecular formula is C27H26ClFN2O3. The van der Waals surface area contributed by atoms with Crippen molar-refractivity contribution in [1.29, 1.82) is 0 Å². The number of hydrogen-bond acceptors (Lipinski definition) is 5. The number of rotatable bonds is 4. The summed E-state index contributed by atoms with van der Waals surface area (Å²) in [5.41, 5.74) is 3.20. The first-order valence-electron chi connectivity index (χ1n) is 11.6. The van der Waals surface area contributed by atoms with Gasteiger partial charge in [0.1, 0.15) is 17.3 Å². The van der Waals surface area contributed by atoms with Crippen LogP contribution >= 0.6 is 12.4 Å². The number of carbonyl (C=O) groups is 1. The maximum absolute atomic E-state index is 13.4. The van der Waals surface area contributed by atoms with Gasteiger partial charge in [0.05, 0.1) is 11.3 Å². The van der Waals surface area contributed by atoms with Gasteiger partial charge in [-0.05, 0) is 50.0 Å². The number of aromatic nitrogens is 1. The maximum atomic E-state index is 13.4. The van der Waals surface area contributed by atoms with E-state index in [1.54, 1.807) is 6.07 Å². The number of benzene rings is 2. The summed E-state index contributed by atoms with van der Waals surface area (Å²) in [6.45, 7) is 2.79. The number of nitrogens with zero attached hydrogens (tertiary/aromatic N) is 2. The van der Waals surface area contributed by atoms with Crippen LogP contribution in [0.5, 0.6) is 0 Å². The second-order valence-corrected chi connectivity index (χ2v) is 9.29. The Hall–Kier alpha value is -2.96. The minimum atomic E-state index is -0.308. The van der Waals surface area contributed by atoms with Crippen molar-refractivity contribution in [1.82, 2.24) is 10.1 Å². The Bertz CT molecular complexity index is 1310. The highest BCUT2D eigenvalue weighted by molar-refractivity contribution is 5.99. The molecule has 1 atom stereocenters. The van der Waals surface area contributed by atoms with Gasteiger partial charge in [0.15, 0.2) is 11.4 Å². The highest BCUT2D eigenvalue weighted by atomic mass is 35.5. The molecule has 0 bridgehead atoms. The van der Waals surface area contributed by atoms with Gasteiger partial charge in [0.2, 0.25) is 0 Å². The number of ketones is 1. The number of piperidine rings is 1. The highest BCUT2D eigenvalue weighted by Crippen LogP contribution is 2.35. The minimum absolute atomic E-state index is 0. The minimum Gasteiger partial charge on any atom is -0.460 e. The van der Waals surface area contributed by atoms with E-state index < -0.39 is 0 Å². The van der Waals surface area contributed by atoms with Gasteiger partial charge in [-0.3, -0.25) is 4.79 Å². The van der Waals surface area contributed by atoms with Gasteiger partial charge in [-0.15, -0.1) is 12.4 Å². The van der Waals surface area contributed by atoms with Crippen molar-refractivity contribution in [3.05, 3.63) is 77.4 Å². The van der Waals surface area contributed by atoms with Gasteiger partial charge in [0.25, 0.3) is 0 Å². The zero-order valence-corrected chi connectivity index (χ0v) is 19.5. The zero-order valence-electron chi connectivity index (χ0n) is 18.7. The molecule has 1 fully saturated rings. The summed E-state index contributed by atoms with van der Waals surface area (Å²) in [4.78, 5) is 15.3. The van der Waals surface area contributed by atoms with E-state index in [2.05, 4.69) is 10.1 Å². The summed E-state index contributed by atoms with van der Waals surface area (Å²) < 4.78 is 24.9. The van der Waals surface area contributed by atoms with Gasteiger partial charge >= 0.3 is 0 Å². The number of carbonyl (C=O) groups excluding carboxylic acids is 1. The SMILES string of the molecule is Cl.O=C1CC(CN2CCC(c3noc4cc(F)ccc34)CC2)Cc2oc(-c3ccccc3)cc21. The first kappa shape index (κ1) is 22.8. The van der Waals surface area contributed by atoms with Crippen molar-refractivity contribution < 1.29 is 18.1 Å². The molecule has 0 radical (unpaired) electrons. The van der Waals surface area contributed by atoms with Crippen molar-refractivity contribution in [2.45, 2.75) is 31.6 Å². The molecule has 0 amide bonds. The first-order chi connectivity index (χ1) is 16.1. The molecule has 4 aromatic rings.